The SMILES string of the molecule is Cc1ccc(N(c2ccc(C)cc2)c2ccc3c(c2)Oc2cccc4c2B3c2c(cc(N(c3ccccc3)c3ccccc3)c3ccccc23)O4)cc1. The molecule has 8 aromatic carbocycles. The minimum atomic E-state index is -0.0872. The molecule has 0 unspecified atom stereocenters. The van der Waals surface area contributed by atoms with Crippen molar-refractivity contribution < 1.29 is 9.47 Å². The molecule has 2 aliphatic rings. The summed E-state index contributed by atoms with van der Waals surface area (Å²) in [6, 6.07) is 62.3. The fourth-order valence-electron chi connectivity index (χ4n) is 8.00. The zero-order valence-corrected chi connectivity index (χ0v) is 29.5. The van der Waals surface area contributed by atoms with E-state index < -0.39 is 0 Å². The minimum absolute atomic E-state index is 0.0872. The molecule has 0 N–H and O–H groups in total. The van der Waals surface area contributed by atoms with Gasteiger partial charge in [-0.15, -0.1) is 0 Å². The maximum Gasteiger partial charge on any atom is 0.261 e. The highest BCUT2D eigenvalue weighted by Gasteiger charge is 2.42. The number of hydrogen-bond donors (Lipinski definition) is 0. The van der Waals surface area contributed by atoms with Gasteiger partial charge in [0.05, 0.1) is 5.69 Å². The van der Waals surface area contributed by atoms with Crippen molar-refractivity contribution in [3.63, 3.8) is 0 Å². The molecule has 0 amide bonds. The monoisotopic (exact) mass is 682 g/mol. The van der Waals surface area contributed by atoms with Gasteiger partial charge in [0, 0.05) is 51.4 Å². The lowest BCUT2D eigenvalue weighted by molar-refractivity contribution is 0.465. The van der Waals surface area contributed by atoms with Gasteiger partial charge in [0.2, 0.25) is 0 Å². The van der Waals surface area contributed by atoms with Gasteiger partial charge in [0.25, 0.3) is 6.71 Å². The van der Waals surface area contributed by atoms with Crippen LogP contribution >= 0.6 is 0 Å². The second-order valence-corrected chi connectivity index (χ2v) is 13.9. The van der Waals surface area contributed by atoms with Crippen molar-refractivity contribution in [2.75, 3.05) is 9.80 Å². The number of benzene rings is 8. The molecule has 10 rings (SSSR count). The Kier molecular flexibility index (Phi) is 7.33. The molecule has 2 aliphatic heterocycles. The van der Waals surface area contributed by atoms with Crippen LogP contribution in [-0.4, -0.2) is 6.71 Å². The zero-order valence-electron chi connectivity index (χ0n) is 29.5. The van der Waals surface area contributed by atoms with Crippen molar-refractivity contribution in [1.29, 1.82) is 0 Å². The summed E-state index contributed by atoms with van der Waals surface area (Å²) >= 11 is 0. The van der Waals surface area contributed by atoms with E-state index in [9.17, 15) is 0 Å². The van der Waals surface area contributed by atoms with Crippen LogP contribution in [0, 0.1) is 13.8 Å². The van der Waals surface area contributed by atoms with Gasteiger partial charge in [-0.05, 0) is 96.9 Å². The average Bonchev–Trinajstić information content (AvgIpc) is 3.20. The van der Waals surface area contributed by atoms with Gasteiger partial charge < -0.3 is 19.3 Å². The van der Waals surface area contributed by atoms with Crippen molar-refractivity contribution in [2.45, 2.75) is 13.8 Å². The molecule has 0 saturated heterocycles. The Balaban J connectivity index is 1.17. The van der Waals surface area contributed by atoms with E-state index >= 15 is 0 Å². The third kappa shape index (κ3) is 5.24. The van der Waals surface area contributed by atoms with E-state index in [1.54, 1.807) is 0 Å². The first-order valence-electron chi connectivity index (χ1n) is 18.1. The molecule has 0 radical (unpaired) electrons. The van der Waals surface area contributed by atoms with Crippen molar-refractivity contribution in [3.05, 3.63) is 187 Å². The smallest absolute Gasteiger partial charge is 0.261 e. The molecule has 0 aromatic heterocycles. The van der Waals surface area contributed by atoms with Gasteiger partial charge in [0.1, 0.15) is 23.0 Å². The second-order valence-electron chi connectivity index (χ2n) is 13.9. The number of nitrogens with zero attached hydrogens (tertiary/aromatic N) is 2. The normalized spacial score (nSPS) is 12.2. The lowest BCUT2D eigenvalue weighted by Crippen LogP contribution is -2.57. The molecule has 252 valence electrons. The van der Waals surface area contributed by atoms with Crippen LogP contribution < -0.4 is 35.7 Å². The number of fused-ring (bicyclic) bond motifs is 6. The molecule has 53 heavy (non-hydrogen) atoms. The number of aryl methyl sites for hydroxylation is 2. The summed E-state index contributed by atoms with van der Waals surface area (Å²) in [5, 5.41) is 2.30. The third-order valence-electron chi connectivity index (χ3n) is 10.5. The third-order valence-corrected chi connectivity index (χ3v) is 10.5. The first-order valence-corrected chi connectivity index (χ1v) is 18.1. The molecule has 8 aromatic rings. The van der Waals surface area contributed by atoms with Gasteiger partial charge in [-0.1, -0.05) is 108 Å². The largest absolute Gasteiger partial charge is 0.458 e. The molecular formula is C48H35BN2O2. The van der Waals surface area contributed by atoms with Gasteiger partial charge in [-0.25, -0.2) is 0 Å². The van der Waals surface area contributed by atoms with Crippen LogP contribution in [0.1, 0.15) is 11.1 Å². The van der Waals surface area contributed by atoms with Gasteiger partial charge in [-0.3, -0.25) is 0 Å². The number of ether oxygens (including phenoxy) is 2. The van der Waals surface area contributed by atoms with Crippen molar-refractivity contribution in [1.82, 2.24) is 0 Å². The Labute approximate surface area is 310 Å². The van der Waals surface area contributed by atoms with E-state index in [4.69, 9.17) is 9.47 Å². The summed E-state index contributed by atoms with van der Waals surface area (Å²) in [4.78, 5) is 4.63. The van der Waals surface area contributed by atoms with E-state index in [0.29, 0.717) is 0 Å². The molecule has 4 nitrogen and oxygen atoms in total. The maximum absolute atomic E-state index is 6.89. The molecule has 2 heterocycles. The predicted octanol–water partition coefficient (Wildman–Crippen LogP) is 11.1. The quantitative estimate of drug-likeness (QED) is 0.163. The van der Waals surface area contributed by atoms with Gasteiger partial charge in [0.15, 0.2) is 0 Å². The molecule has 0 spiro atoms. The predicted molar refractivity (Wildman–Crippen MR) is 220 cm³/mol. The molecule has 0 bridgehead atoms. The summed E-state index contributed by atoms with van der Waals surface area (Å²) in [5.74, 6) is 3.34. The highest BCUT2D eigenvalue weighted by molar-refractivity contribution is 6.99. The van der Waals surface area contributed by atoms with E-state index in [-0.39, 0.29) is 6.71 Å². The van der Waals surface area contributed by atoms with Crippen LogP contribution in [0.15, 0.2) is 176 Å². The van der Waals surface area contributed by atoms with E-state index in [1.165, 1.54) is 11.1 Å². The molecule has 0 aliphatic carbocycles. The molecule has 0 fully saturated rings. The Morgan fingerprint density at radius 3 is 1.49 bits per heavy atom. The number of hydrogen-bond acceptors (Lipinski definition) is 4. The van der Waals surface area contributed by atoms with E-state index in [1.807, 2.05) is 6.07 Å². The van der Waals surface area contributed by atoms with Crippen LogP contribution in [0.5, 0.6) is 23.0 Å². The highest BCUT2D eigenvalue weighted by Crippen LogP contribution is 2.44. The summed E-state index contributed by atoms with van der Waals surface area (Å²) < 4.78 is 13.7. The Morgan fingerprint density at radius 1 is 0.377 bits per heavy atom. The summed E-state index contributed by atoms with van der Waals surface area (Å²) in [6.45, 7) is 4.16. The summed E-state index contributed by atoms with van der Waals surface area (Å²) in [6.07, 6.45) is 0. The zero-order chi connectivity index (χ0) is 35.5. The van der Waals surface area contributed by atoms with Crippen LogP contribution in [-0.2, 0) is 0 Å². The minimum Gasteiger partial charge on any atom is -0.458 e. The summed E-state index contributed by atoms with van der Waals surface area (Å²) in [5.41, 5.74) is 12.2. The molecular weight excluding hydrogens is 647 g/mol. The number of anilines is 6. The fraction of sp³-hybridized carbons (Fsp3) is 0.0417. The number of rotatable bonds is 6. The topological polar surface area (TPSA) is 24.9 Å². The lowest BCUT2D eigenvalue weighted by Gasteiger charge is -2.36. The second kappa shape index (κ2) is 12.5. The molecule has 0 saturated carbocycles. The standard InChI is InChI=1S/C48H35BN2O2/c1-32-20-24-36(25-21-32)50(37-26-22-33(2)23-27-37)38-28-29-41-45(30-38)52-43-18-11-19-44-48(43)49(41)47-40-17-10-9-16-39(40)42(31-46(47)53-44)51(34-12-5-3-6-13-34)35-14-7-4-8-15-35/h3-31H,1-2H3. The van der Waals surface area contributed by atoms with Gasteiger partial charge >= 0.3 is 0 Å². The first-order chi connectivity index (χ1) is 26.1. The lowest BCUT2D eigenvalue weighted by atomic mass is 9.34. The van der Waals surface area contributed by atoms with E-state index in [0.717, 1.165) is 84.3 Å². The van der Waals surface area contributed by atoms with Crippen LogP contribution in [0.4, 0.5) is 34.1 Å². The van der Waals surface area contributed by atoms with Crippen LogP contribution in [0.25, 0.3) is 10.8 Å². The average molecular weight is 683 g/mol. The Bertz CT molecular complexity index is 2560. The Hall–Kier alpha value is -6.72. The molecule has 0 atom stereocenters. The fourth-order valence-corrected chi connectivity index (χ4v) is 8.00. The van der Waals surface area contributed by atoms with Crippen LogP contribution in [0.2, 0.25) is 0 Å². The van der Waals surface area contributed by atoms with Crippen LogP contribution in [0.3, 0.4) is 0 Å². The van der Waals surface area contributed by atoms with Gasteiger partial charge in [-0.2, -0.15) is 0 Å². The van der Waals surface area contributed by atoms with Crippen molar-refractivity contribution >= 4 is 68.0 Å². The highest BCUT2D eigenvalue weighted by atomic mass is 16.5. The first kappa shape index (κ1) is 31.1. The van der Waals surface area contributed by atoms with E-state index in [2.05, 4.69) is 194 Å². The number of para-hydroxylation sites is 2. The summed E-state index contributed by atoms with van der Waals surface area (Å²) in [7, 11) is 0. The maximum atomic E-state index is 6.89. The van der Waals surface area contributed by atoms with Crippen molar-refractivity contribution in [3.8, 4) is 23.0 Å². The molecule has 5 heteroatoms. The van der Waals surface area contributed by atoms with Crippen molar-refractivity contribution in [2.24, 2.45) is 0 Å². The Morgan fingerprint density at radius 2 is 0.887 bits per heavy atom.